The number of hydrogen-bond acceptors (Lipinski definition) is 6. The molecule has 0 radical (unpaired) electrons. The lowest BCUT2D eigenvalue weighted by Crippen LogP contribution is -2.56. The molecule has 3 amide bonds. The Morgan fingerprint density at radius 2 is 1.51 bits per heavy atom. The molecule has 41 heavy (non-hydrogen) atoms. The van der Waals surface area contributed by atoms with Gasteiger partial charge in [0.05, 0.1) is 26.9 Å². The van der Waals surface area contributed by atoms with Gasteiger partial charge < -0.3 is 19.1 Å². The fourth-order valence-corrected chi connectivity index (χ4v) is 6.79. The van der Waals surface area contributed by atoms with Crippen molar-refractivity contribution < 1.29 is 23.8 Å². The molecule has 2 heterocycles. The van der Waals surface area contributed by atoms with Gasteiger partial charge in [-0.05, 0) is 43.6 Å². The molecular formula is C32H44ClN3O5. The minimum atomic E-state index is -0.773. The van der Waals surface area contributed by atoms with Crippen LogP contribution in [-0.4, -0.2) is 79.7 Å². The van der Waals surface area contributed by atoms with E-state index in [1.165, 1.54) is 24.8 Å². The predicted octanol–water partition coefficient (Wildman–Crippen LogP) is 5.56. The summed E-state index contributed by atoms with van der Waals surface area (Å²) in [5.41, 5.74) is 1.36. The van der Waals surface area contributed by atoms with Crippen molar-refractivity contribution in [3.05, 3.63) is 53.6 Å². The molecule has 8 nitrogen and oxygen atoms in total. The number of urea groups is 1. The Hall–Kier alpha value is -2.97. The van der Waals surface area contributed by atoms with Gasteiger partial charge >= 0.3 is 6.03 Å². The number of benzene rings is 2. The van der Waals surface area contributed by atoms with Crippen molar-refractivity contribution in [3.8, 4) is 17.2 Å². The monoisotopic (exact) mass is 585 g/mol. The van der Waals surface area contributed by atoms with Crippen LogP contribution >= 0.6 is 12.4 Å². The first-order valence-electron chi connectivity index (χ1n) is 14.7. The molecule has 0 unspecified atom stereocenters. The van der Waals surface area contributed by atoms with Gasteiger partial charge in [0.25, 0.3) is 5.91 Å². The summed E-state index contributed by atoms with van der Waals surface area (Å²) in [6, 6.07) is 13.9. The van der Waals surface area contributed by atoms with E-state index in [0.717, 1.165) is 24.8 Å². The van der Waals surface area contributed by atoms with Crippen molar-refractivity contribution in [2.45, 2.75) is 63.5 Å². The fourth-order valence-electron chi connectivity index (χ4n) is 6.79. The van der Waals surface area contributed by atoms with Crippen LogP contribution in [0.3, 0.4) is 0 Å². The molecule has 224 valence electrons. The van der Waals surface area contributed by atoms with Gasteiger partial charge in [0.15, 0.2) is 0 Å². The highest BCUT2D eigenvalue weighted by atomic mass is 35.5. The van der Waals surface area contributed by atoms with Crippen LogP contribution in [0.4, 0.5) is 4.79 Å². The molecular weight excluding hydrogens is 542 g/mol. The zero-order valence-electron chi connectivity index (χ0n) is 24.6. The van der Waals surface area contributed by atoms with Crippen molar-refractivity contribution in [2.75, 3.05) is 47.5 Å². The van der Waals surface area contributed by atoms with Crippen LogP contribution in [0.1, 0.15) is 56.1 Å². The first-order chi connectivity index (χ1) is 19.5. The van der Waals surface area contributed by atoms with E-state index in [4.69, 9.17) is 14.2 Å². The molecule has 0 aromatic heterocycles. The van der Waals surface area contributed by atoms with Crippen molar-refractivity contribution in [1.82, 2.24) is 14.7 Å². The quantitative estimate of drug-likeness (QED) is 0.340. The number of imide groups is 1. The maximum absolute atomic E-state index is 14.1. The third-order valence-electron chi connectivity index (χ3n) is 9.14. The van der Waals surface area contributed by atoms with Crippen molar-refractivity contribution in [1.29, 1.82) is 0 Å². The van der Waals surface area contributed by atoms with Gasteiger partial charge in [-0.15, -0.1) is 12.4 Å². The highest BCUT2D eigenvalue weighted by molar-refractivity contribution is 6.07. The maximum Gasteiger partial charge on any atom is 0.327 e. The van der Waals surface area contributed by atoms with E-state index < -0.39 is 5.54 Å². The molecule has 9 heteroatoms. The molecule has 1 saturated carbocycles. The summed E-state index contributed by atoms with van der Waals surface area (Å²) in [6.45, 7) is 3.15. The maximum atomic E-state index is 14.1. The summed E-state index contributed by atoms with van der Waals surface area (Å²) in [5.74, 6) is 2.54. The van der Waals surface area contributed by atoms with E-state index >= 15 is 0 Å². The number of likely N-dealkylation sites (tertiary alicyclic amines) is 1. The number of carbonyl (C=O) groups is 2. The highest BCUT2D eigenvalue weighted by Gasteiger charge is 2.57. The number of piperidine rings is 1. The Kier molecular flexibility index (Phi) is 10.4. The van der Waals surface area contributed by atoms with Crippen molar-refractivity contribution in [2.24, 2.45) is 5.92 Å². The number of rotatable bonds is 10. The number of ether oxygens (including phenoxy) is 3. The molecule has 0 N–H and O–H groups in total. The Balaban J connectivity index is 0.00000387. The summed E-state index contributed by atoms with van der Waals surface area (Å²) >= 11 is 0. The fraction of sp³-hybridized carbons (Fsp3) is 0.562. The Bertz CT molecular complexity index is 1150. The van der Waals surface area contributed by atoms with Crippen LogP contribution in [0.15, 0.2) is 42.5 Å². The number of hydrogen-bond donors (Lipinski definition) is 0. The second-order valence-electron chi connectivity index (χ2n) is 11.4. The Morgan fingerprint density at radius 1 is 0.878 bits per heavy atom. The molecule has 2 aromatic carbocycles. The Morgan fingerprint density at radius 3 is 2.10 bits per heavy atom. The van der Waals surface area contributed by atoms with Gasteiger partial charge in [0, 0.05) is 44.9 Å². The minimum absolute atomic E-state index is 0. The van der Waals surface area contributed by atoms with Crippen LogP contribution in [0.2, 0.25) is 0 Å². The lowest BCUT2D eigenvalue weighted by molar-refractivity contribution is -0.136. The molecule has 0 atom stereocenters. The van der Waals surface area contributed by atoms with Crippen LogP contribution < -0.4 is 14.2 Å². The predicted molar refractivity (Wildman–Crippen MR) is 161 cm³/mol. The molecule has 3 aliphatic rings. The first kappa shape index (κ1) is 31.0. The van der Waals surface area contributed by atoms with Gasteiger partial charge in [-0.1, -0.05) is 49.6 Å². The van der Waals surface area contributed by atoms with E-state index in [1.54, 1.807) is 26.2 Å². The van der Waals surface area contributed by atoms with Crippen LogP contribution in [0.25, 0.3) is 0 Å². The Labute approximate surface area is 250 Å². The minimum Gasteiger partial charge on any atom is -0.496 e. The summed E-state index contributed by atoms with van der Waals surface area (Å²) in [4.78, 5) is 33.8. The van der Waals surface area contributed by atoms with Gasteiger partial charge in [0.1, 0.15) is 22.8 Å². The van der Waals surface area contributed by atoms with E-state index in [9.17, 15) is 9.59 Å². The van der Waals surface area contributed by atoms with Crippen molar-refractivity contribution in [3.63, 3.8) is 0 Å². The summed E-state index contributed by atoms with van der Waals surface area (Å²) in [6.07, 6.45) is 7.82. The van der Waals surface area contributed by atoms with E-state index in [1.807, 2.05) is 35.2 Å². The molecule has 0 bridgehead atoms. The second kappa shape index (κ2) is 13.8. The molecule has 2 aliphatic heterocycles. The third-order valence-corrected chi connectivity index (χ3v) is 9.14. The SMILES string of the molecule is COc1cc(OC)c(CN2CCC3(CC2)C(=O)N(CC2CCCCC2)C(=O)N3CCc2ccccc2)c(OC)c1.Cl. The third kappa shape index (κ3) is 6.44. The van der Waals surface area contributed by atoms with Crippen LogP contribution in [-0.2, 0) is 17.8 Å². The van der Waals surface area contributed by atoms with E-state index in [-0.39, 0.29) is 24.3 Å². The van der Waals surface area contributed by atoms with E-state index in [0.29, 0.717) is 68.7 Å². The molecule has 5 rings (SSSR count). The van der Waals surface area contributed by atoms with Crippen LogP contribution in [0, 0.1) is 5.92 Å². The molecule has 1 spiro atoms. The lowest BCUT2D eigenvalue weighted by atomic mass is 9.84. The molecule has 2 aromatic rings. The average Bonchev–Trinajstić information content (AvgIpc) is 3.18. The average molecular weight is 586 g/mol. The molecule has 3 fully saturated rings. The topological polar surface area (TPSA) is 71.6 Å². The molecule has 1 aliphatic carbocycles. The van der Waals surface area contributed by atoms with Gasteiger partial charge in [-0.3, -0.25) is 14.6 Å². The smallest absolute Gasteiger partial charge is 0.327 e. The summed E-state index contributed by atoms with van der Waals surface area (Å²) in [7, 11) is 4.92. The molecule has 2 saturated heterocycles. The number of carbonyl (C=O) groups excluding carboxylic acids is 2. The zero-order valence-corrected chi connectivity index (χ0v) is 25.4. The highest BCUT2D eigenvalue weighted by Crippen LogP contribution is 2.41. The summed E-state index contributed by atoms with van der Waals surface area (Å²) in [5, 5.41) is 0. The summed E-state index contributed by atoms with van der Waals surface area (Å²) < 4.78 is 16.8. The number of nitrogens with zero attached hydrogens (tertiary/aromatic N) is 3. The second-order valence-corrected chi connectivity index (χ2v) is 11.4. The number of halogens is 1. The van der Waals surface area contributed by atoms with Crippen molar-refractivity contribution >= 4 is 24.3 Å². The number of amides is 3. The largest absolute Gasteiger partial charge is 0.496 e. The first-order valence-corrected chi connectivity index (χ1v) is 14.7. The van der Waals surface area contributed by atoms with Gasteiger partial charge in [-0.2, -0.15) is 0 Å². The zero-order chi connectivity index (χ0) is 28.1. The van der Waals surface area contributed by atoms with Crippen LogP contribution in [0.5, 0.6) is 17.2 Å². The standard InChI is InChI=1S/C32H43N3O5.ClH/c1-38-26-20-28(39-2)27(29(21-26)40-3)23-33-18-15-32(16-19-33)30(36)34(22-25-12-8-5-9-13-25)31(37)35(32)17-14-24-10-6-4-7-11-24;/h4,6-7,10-11,20-21,25H,5,8-9,12-19,22-23H2,1-3H3;1H. The van der Waals surface area contributed by atoms with Gasteiger partial charge in [0.2, 0.25) is 0 Å². The number of methoxy groups -OCH3 is 3. The van der Waals surface area contributed by atoms with E-state index in [2.05, 4.69) is 17.0 Å². The lowest BCUT2D eigenvalue weighted by Gasteiger charge is -2.42. The normalized spacial score (nSPS) is 19.4. The van der Waals surface area contributed by atoms with Gasteiger partial charge in [-0.25, -0.2) is 4.79 Å².